The molecule has 2 aromatic rings. The van der Waals surface area contributed by atoms with Crippen LogP contribution in [0.5, 0.6) is 0 Å². The lowest BCUT2D eigenvalue weighted by Crippen LogP contribution is -2.28. The van der Waals surface area contributed by atoms with Gasteiger partial charge in [0.25, 0.3) is 0 Å². The normalized spacial score (nSPS) is 17.2. The van der Waals surface area contributed by atoms with E-state index in [0.29, 0.717) is 37.0 Å². The summed E-state index contributed by atoms with van der Waals surface area (Å²) >= 11 is 0. The molecule has 0 radical (unpaired) electrons. The predicted molar refractivity (Wildman–Crippen MR) is 80.3 cm³/mol. The van der Waals surface area contributed by atoms with Crippen LogP contribution in [0.25, 0.3) is 0 Å². The number of hydrogen-bond donors (Lipinski definition) is 1. The van der Waals surface area contributed by atoms with Gasteiger partial charge in [-0.15, -0.1) is 0 Å². The quantitative estimate of drug-likeness (QED) is 0.905. The number of aromatic nitrogens is 4. The molecule has 1 unspecified atom stereocenters. The summed E-state index contributed by atoms with van der Waals surface area (Å²) < 4.78 is 25.2. The highest BCUT2D eigenvalue weighted by Crippen LogP contribution is 2.32. The van der Waals surface area contributed by atoms with Gasteiger partial charge in [-0.25, -0.2) is 14.4 Å². The summed E-state index contributed by atoms with van der Waals surface area (Å²) in [5, 5.41) is 6.99. The minimum Gasteiger partial charge on any atom is -0.381 e. The number of hydrogen-bond acceptors (Lipinski definition) is 7. The van der Waals surface area contributed by atoms with Crippen molar-refractivity contribution < 1.29 is 13.7 Å². The van der Waals surface area contributed by atoms with Crippen LogP contribution in [0.1, 0.15) is 43.2 Å². The highest BCUT2D eigenvalue weighted by Gasteiger charge is 2.31. The number of ether oxygens (including phenoxy) is 1. The molecule has 8 heteroatoms. The van der Waals surface area contributed by atoms with E-state index in [1.165, 1.54) is 6.33 Å². The van der Waals surface area contributed by atoms with Crippen LogP contribution in [-0.2, 0) is 11.2 Å². The van der Waals surface area contributed by atoms with E-state index in [2.05, 4.69) is 25.4 Å². The second-order valence-electron chi connectivity index (χ2n) is 5.59. The number of aryl methyl sites for hydroxylation is 2. The Morgan fingerprint density at radius 1 is 1.35 bits per heavy atom. The van der Waals surface area contributed by atoms with Crippen LogP contribution in [0.4, 0.5) is 10.2 Å². The van der Waals surface area contributed by atoms with Gasteiger partial charge in [0, 0.05) is 13.2 Å². The zero-order valence-electron chi connectivity index (χ0n) is 13.3. The average Bonchev–Trinajstić information content (AvgIpc) is 3.01. The van der Waals surface area contributed by atoms with Crippen molar-refractivity contribution in [3.8, 4) is 0 Å². The Morgan fingerprint density at radius 3 is 2.78 bits per heavy atom. The van der Waals surface area contributed by atoms with Gasteiger partial charge in [0.05, 0.1) is 5.69 Å². The van der Waals surface area contributed by atoms with Crippen molar-refractivity contribution >= 4 is 5.82 Å². The number of rotatable bonds is 5. The lowest BCUT2D eigenvalue weighted by molar-refractivity contribution is 0.0570. The zero-order valence-corrected chi connectivity index (χ0v) is 13.3. The summed E-state index contributed by atoms with van der Waals surface area (Å²) in [6.07, 6.45) is 3.55. The maximum absolute atomic E-state index is 14.4. The van der Waals surface area contributed by atoms with E-state index in [9.17, 15) is 4.39 Å². The first-order valence-corrected chi connectivity index (χ1v) is 7.83. The smallest absolute Gasteiger partial charge is 0.249 e. The zero-order chi connectivity index (χ0) is 16.2. The number of nitrogens with zero attached hydrogens (tertiary/aromatic N) is 4. The van der Waals surface area contributed by atoms with Crippen molar-refractivity contribution in [2.75, 3.05) is 18.5 Å². The lowest BCUT2D eigenvalue weighted by atomic mass is 9.91. The SMILES string of the molecule is CCc1ncnc(NC(c2nc(C)no2)C2CCOCC2)c1F. The Bertz CT molecular complexity index is 657. The molecule has 1 fully saturated rings. The third-order valence-corrected chi connectivity index (χ3v) is 4.04. The molecule has 7 nitrogen and oxygen atoms in total. The first-order chi connectivity index (χ1) is 11.2. The van der Waals surface area contributed by atoms with Gasteiger partial charge < -0.3 is 14.6 Å². The summed E-state index contributed by atoms with van der Waals surface area (Å²) in [4.78, 5) is 12.3. The van der Waals surface area contributed by atoms with E-state index in [0.717, 1.165) is 12.8 Å². The molecule has 3 heterocycles. The van der Waals surface area contributed by atoms with Crippen LogP contribution in [-0.4, -0.2) is 33.3 Å². The Morgan fingerprint density at radius 2 is 2.13 bits per heavy atom. The van der Waals surface area contributed by atoms with Crippen LogP contribution in [0.2, 0.25) is 0 Å². The molecule has 124 valence electrons. The van der Waals surface area contributed by atoms with Crippen molar-refractivity contribution in [2.24, 2.45) is 5.92 Å². The van der Waals surface area contributed by atoms with Gasteiger partial charge in [-0.05, 0) is 32.1 Å². The molecule has 0 aromatic carbocycles. The molecule has 0 amide bonds. The lowest BCUT2D eigenvalue weighted by Gasteiger charge is -2.29. The average molecular weight is 321 g/mol. The van der Waals surface area contributed by atoms with Crippen LogP contribution in [0.15, 0.2) is 10.9 Å². The van der Waals surface area contributed by atoms with Crippen LogP contribution in [0.3, 0.4) is 0 Å². The monoisotopic (exact) mass is 321 g/mol. The van der Waals surface area contributed by atoms with E-state index in [-0.39, 0.29) is 17.8 Å². The van der Waals surface area contributed by atoms with Crippen LogP contribution >= 0.6 is 0 Å². The highest BCUT2D eigenvalue weighted by atomic mass is 19.1. The second-order valence-corrected chi connectivity index (χ2v) is 5.59. The highest BCUT2D eigenvalue weighted by molar-refractivity contribution is 5.39. The second kappa shape index (κ2) is 6.99. The molecule has 1 N–H and O–H groups in total. The van der Waals surface area contributed by atoms with Crippen molar-refractivity contribution in [1.29, 1.82) is 0 Å². The molecular weight excluding hydrogens is 301 g/mol. The molecule has 1 aliphatic heterocycles. The summed E-state index contributed by atoms with van der Waals surface area (Å²) in [7, 11) is 0. The maximum atomic E-state index is 14.4. The minimum atomic E-state index is -0.428. The third-order valence-electron chi connectivity index (χ3n) is 4.04. The Hall–Kier alpha value is -2.09. The molecule has 0 aliphatic carbocycles. The van der Waals surface area contributed by atoms with Gasteiger partial charge in [-0.1, -0.05) is 12.1 Å². The molecule has 3 rings (SSSR count). The fourth-order valence-corrected chi connectivity index (χ4v) is 2.77. The predicted octanol–water partition coefficient (Wildman–Crippen LogP) is 2.45. The number of nitrogens with one attached hydrogen (secondary N) is 1. The summed E-state index contributed by atoms with van der Waals surface area (Å²) in [5.74, 6) is 0.956. The molecule has 0 bridgehead atoms. The van der Waals surface area contributed by atoms with E-state index in [1.54, 1.807) is 6.92 Å². The van der Waals surface area contributed by atoms with E-state index >= 15 is 0 Å². The van der Waals surface area contributed by atoms with Crippen molar-refractivity contribution in [2.45, 2.75) is 39.2 Å². The van der Waals surface area contributed by atoms with Crippen LogP contribution < -0.4 is 5.32 Å². The van der Waals surface area contributed by atoms with Gasteiger partial charge in [-0.2, -0.15) is 4.98 Å². The van der Waals surface area contributed by atoms with Gasteiger partial charge in [0.1, 0.15) is 12.4 Å². The maximum Gasteiger partial charge on any atom is 0.249 e. The molecule has 1 aliphatic rings. The number of anilines is 1. The minimum absolute atomic E-state index is 0.171. The molecule has 23 heavy (non-hydrogen) atoms. The molecule has 0 spiro atoms. The molecule has 1 atom stereocenters. The van der Waals surface area contributed by atoms with E-state index < -0.39 is 5.82 Å². The van der Waals surface area contributed by atoms with Gasteiger partial charge in [0.15, 0.2) is 17.5 Å². The molecule has 0 saturated carbocycles. The molecular formula is C15H20FN5O2. The molecule has 2 aromatic heterocycles. The van der Waals surface area contributed by atoms with Gasteiger partial charge >= 0.3 is 0 Å². The summed E-state index contributed by atoms with van der Waals surface area (Å²) in [6.45, 7) is 4.95. The summed E-state index contributed by atoms with van der Waals surface area (Å²) in [5.41, 5.74) is 0.384. The van der Waals surface area contributed by atoms with E-state index in [4.69, 9.17) is 9.26 Å². The van der Waals surface area contributed by atoms with Crippen molar-refractivity contribution in [1.82, 2.24) is 20.1 Å². The summed E-state index contributed by atoms with van der Waals surface area (Å²) in [6, 6.07) is -0.297. The van der Waals surface area contributed by atoms with Gasteiger partial charge in [-0.3, -0.25) is 0 Å². The van der Waals surface area contributed by atoms with E-state index in [1.807, 2.05) is 6.92 Å². The fraction of sp³-hybridized carbons (Fsp3) is 0.600. The molecule has 1 saturated heterocycles. The third kappa shape index (κ3) is 3.47. The standard InChI is InChI=1S/C15H20FN5O2/c1-3-11-12(16)14(18-8-17-11)20-13(10-4-6-22-7-5-10)15-19-9(2)21-23-15/h8,10,13H,3-7H2,1-2H3,(H,17,18,20). The van der Waals surface area contributed by atoms with Crippen molar-refractivity contribution in [3.05, 3.63) is 29.6 Å². The van der Waals surface area contributed by atoms with Crippen molar-refractivity contribution in [3.63, 3.8) is 0 Å². The largest absolute Gasteiger partial charge is 0.381 e. The van der Waals surface area contributed by atoms with Gasteiger partial charge in [0.2, 0.25) is 5.89 Å². The topological polar surface area (TPSA) is 86.0 Å². The first-order valence-electron chi connectivity index (χ1n) is 7.83. The Balaban J connectivity index is 1.89. The Labute approximate surface area is 133 Å². The Kier molecular flexibility index (Phi) is 4.80. The number of halogens is 1. The first kappa shape index (κ1) is 15.8. The van der Waals surface area contributed by atoms with Crippen LogP contribution in [0, 0.1) is 18.7 Å². The fourth-order valence-electron chi connectivity index (χ4n) is 2.77.